The minimum atomic E-state index is 0.305. The summed E-state index contributed by atoms with van der Waals surface area (Å²) in [6.45, 7) is 1.93. The lowest BCUT2D eigenvalue weighted by Crippen LogP contribution is -2.37. The molecule has 0 aromatic carbocycles. The summed E-state index contributed by atoms with van der Waals surface area (Å²) < 4.78 is 1.86. The number of aryl methyl sites for hydroxylation is 2. The third-order valence-corrected chi connectivity index (χ3v) is 3.74. The van der Waals surface area contributed by atoms with Gasteiger partial charge in [0, 0.05) is 19.5 Å². The number of hydrogen-bond donors (Lipinski definition) is 2. The summed E-state index contributed by atoms with van der Waals surface area (Å²) in [5, 5.41) is 5.09. The molecule has 3 N–H and O–H groups in total. The van der Waals surface area contributed by atoms with Crippen molar-refractivity contribution in [1.82, 2.24) is 15.2 Å². The van der Waals surface area contributed by atoms with Crippen molar-refractivity contribution < 1.29 is 0 Å². The number of halogens is 1. The number of hydrazine groups is 1. The van der Waals surface area contributed by atoms with Crippen LogP contribution in [0.25, 0.3) is 0 Å². The molecule has 0 radical (unpaired) electrons. The van der Waals surface area contributed by atoms with Crippen molar-refractivity contribution in [3.63, 3.8) is 0 Å². The first-order valence-electron chi connectivity index (χ1n) is 5.76. The second-order valence-corrected chi connectivity index (χ2v) is 5.09. The van der Waals surface area contributed by atoms with Gasteiger partial charge < -0.3 is 0 Å². The maximum Gasteiger partial charge on any atom is 0.0847 e. The lowest BCUT2D eigenvalue weighted by atomic mass is 10.1. The Hall–Kier alpha value is -0.580. The molecule has 1 aromatic rings. The third kappa shape index (κ3) is 2.56. The van der Waals surface area contributed by atoms with Crippen LogP contribution in [-0.2, 0) is 13.5 Å². The van der Waals surface area contributed by atoms with Crippen LogP contribution in [0.5, 0.6) is 0 Å². The van der Waals surface area contributed by atoms with Gasteiger partial charge in [0.2, 0.25) is 0 Å². The fraction of sp³-hybridized carbons (Fsp3) is 0.727. The molecule has 0 amide bonds. The molecule has 16 heavy (non-hydrogen) atoms. The molecule has 90 valence electrons. The molecule has 0 saturated heterocycles. The van der Waals surface area contributed by atoms with E-state index in [1.165, 1.54) is 12.8 Å². The Bertz CT molecular complexity index is 370. The van der Waals surface area contributed by atoms with Crippen LogP contribution in [0.4, 0.5) is 0 Å². The van der Waals surface area contributed by atoms with E-state index >= 15 is 0 Å². The second-order valence-electron chi connectivity index (χ2n) is 4.72. The smallest absolute Gasteiger partial charge is 0.0847 e. The fourth-order valence-electron chi connectivity index (χ4n) is 2.10. The van der Waals surface area contributed by atoms with Crippen LogP contribution in [0.1, 0.15) is 30.7 Å². The summed E-state index contributed by atoms with van der Waals surface area (Å²) in [6, 6.07) is 0.305. The van der Waals surface area contributed by atoms with Gasteiger partial charge in [-0.3, -0.25) is 16.0 Å². The molecule has 2 rings (SSSR count). The zero-order valence-corrected chi connectivity index (χ0v) is 10.6. The largest absolute Gasteiger partial charge is 0.271 e. The van der Waals surface area contributed by atoms with Crippen LogP contribution in [0, 0.1) is 12.8 Å². The van der Waals surface area contributed by atoms with Crippen LogP contribution >= 0.6 is 11.6 Å². The van der Waals surface area contributed by atoms with Gasteiger partial charge in [0.15, 0.2) is 0 Å². The molecular weight excluding hydrogens is 224 g/mol. The highest BCUT2D eigenvalue weighted by molar-refractivity contribution is 6.31. The molecule has 1 aromatic heterocycles. The molecule has 1 heterocycles. The summed E-state index contributed by atoms with van der Waals surface area (Å²) in [5.41, 5.74) is 4.85. The van der Waals surface area contributed by atoms with E-state index in [-0.39, 0.29) is 0 Å². The minimum Gasteiger partial charge on any atom is -0.271 e. The number of nitrogens with two attached hydrogens (primary N) is 1. The van der Waals surface area contributed by atoms with E-state index in [2.05, 4.69) is 10.5 Å². The average Bonchev–Trinajstić information content (AvgIpc) is 3.02. The summed E-state index contributed by atoms with van der Waals surface area (Å²) in [6.07, 6.45) is 4.67. The molecule has 4 nitrogen and oxygen atoms in total. The van der Waals surface area contributed by atoms with Gasteiger partial charge in [-0.15, -0.1) is 0 Å². The summed E-state index contributed by atoms with van der Waals surface area (Å²) >= 11 is 6.22. The zero-order valence-electron chi connectivity index (χ0n) is 9.83. The van der Waals surface area contributed by atoms with E-state index in [9.17, 15) is 0 Å². The normalized spacial score (nSPS) is 17.8. The lowest BCUT2D eigenvalue weighted by molar-refractivity contribution is 0.455. The van der Waals surface area contributed by atoms with Gasteiger partial charge in [0.05, 0.1) is 16.4 Å². The van der Waals surface area contributed by atoms with Crippen LogP contribution in [-0.4, -0.2) is 15.8 Å². The second kappa shape index (κ2) is 4.73. The highest BCUT2D eigenvalue weighted by Crippen LogP contribution is 2.34. The van der Waals surface area contributed by atoms with Gasteiger partial charge in [-0.25, -0.2) is 0 Å². The van der Waals surface area contributed by atoms with Crippen molar-refractivity contribution >= 4 is 11.6 Å². The fourth-order valence-corrected chi connectivity index (χ4v) is 2.34. The summed E-state index contributed by atoms with van der Waals surface area (Å²) in [7, 11) is 1.93. The molecule has 0 bridgehead atoms. The van der Waals surface area contributed by atoms with Crippen molar-refractivity contribution in [2.24, 2.45) is 18.8 Å². The first-order chi connectivity index (χ1) is 7.61. The maximum atomic E-state index is 6.22. The van der Waals surface area contributed by atoms with Gasteiger partial charge in [0.1, 0.15) is 0 Å². The van der Waals surface area contributed by atoms with Crippen LogP contribution in [0.2, 0.25) is 5.02 Å². The molecule has 0 aliphatic heterocycles. The highest BCUT2D eigenvalue weighted by atomic mass is 35.5. The number of aromatic nitrogens is 2. The minimum absolute atomic E-state index is 0.305. The van der Waals surface area contributed by atoms with E-state index in [1.807, 2.05) is 18.7 Å². The van der Waals surface area contributed by atoms with Gasteiger partial charge in [-0.1, -0.05) is 24.4 Å². The Kier molecular flexibility index (Phi) is 3.52. The number of nitrogens with one attached hydrogen (secondary N) is 1. The lowest BCUT2D eigenvalue weighted by Gasteiger charge is -2.15. The van der Waals surface area contributed by atoms with E-state index in [0.29, 0.717) is 6.04 Å². The Morgan fingerprint density at radius 2 is 2.31 bits per heavy atom. The van der Waals surface area contributed by atoms with Crippen molar-refractivity contribution in [2.45, 2.75) is 38.6 Å². The molecule has 1 aliphatic carbocycles. The van der Waals surface area contributed by atoms with Crippen molar-refractivity contribution in [3.8, 4) is 0 Å². The average molecular weight is 243 g/mol. The predicted molar refractivity (Wildman–Crippen MR) is 65.1 cm³/mol. The Labute approximate surface area is 101 Å². The zero-order chi connectivity index (χ0) is 11.7. The van der Waals surface area contributed by atoms with E-state index < -0.39 is 0 Å². The quantitative estimate of drug-likeness (QED) is 0.609. The topological polar surface area (TPSA) is 55.9 Å². The monoisotopic (exact) mass is 242 g/mol. The first kappa shape index (κ1) is 11.9. The van der Waals surface area contributed by atoms with Crippen molar-refractivity contribution in [3.05, 3.63) is 16.4 Å². The van der Waals surface area contributed by atoms with E-state index in [0.717, 1.165) is 35.2 Å². The highest BCUT2D eigenvalue weighted by Gasteiger charge is 2.26. The maximum absolute atomic E-state index is 6.22. The number of nitrogens with zero attached hydrogens (tertiary/aromatic N) is 2. The molecule has 1 atom stereocenters. The van der Waals surface area contributed by atoms with Gasteiger partial charge in [0.25, 0.3) is 0 Å². The number of rotatable bonds is 5. The predicted octanol–water partition coefficient (Wildman–Crippen LogP) is 1.56. The molecule has 5 heteroatoms. The van der Waals surface area contributed by atoms with Gasteiger partial charge >= 0.3 is 0 Å². The van der Waals surface area contributed by atoms with Crippen LogP contribution in [0.15, 0.2) is 0 Å². The molecule has 1 aliphatic rings. The van der Waals surface area contributed by atoms with Crippen LogP contribution in [0.3, 0.4) is 0 Å². The first-order valence-corrected chi connectivity index (χ1v) is 6.13. The molecule has 1 saturated carbocycles. The third-order valence-electron chi connectivity index (χ3n) is 3.25. The van der Waals surface area contributed by atoms with Gasteiger partial charge in [-0.05, 0) is 19.3 Å². The summed E-state index contributed by atoms with van der Waals surface area (Å²) in [4.78, 5) is 0. The number of hydrogen-bond acceptors (Lipinski definition) is 3. The SMILES string of the molecule is Cc1nn(C)c(CC(CC2CC2)NN)c1Cl. The van der Waals surface area contributed by atoms with Crippen LogP contribution < -0.4 is 11.3 Å². The van der Waals surface area contributed by atoms with E-state index in [1.54, 1.807) is 0 Å². The van der Waals surface area contributed by atoms with Crippen molar-refractivity contribution in [1.29, 1.82) is 0 Å². The Balaban J connectivity index is 2.05. The Morgan fingerprint density at radius 1 is 1.62 bits per heavy atom. The van der Waals surface area contributed by atoms with Gasteiger partial charge in [-0.2, -0.15) is 5.10 Å². The molecule has 1 unspecified atom stereocenters. The molecular formula is C11H19ClN4. The summed E-state index contributed by atoms with van der Waals surface area (Å²) in [5.74, 6) is 6.44. The van der Waals surface area contributed by atoms with Crippen molar-refractivity contribution in [2.75, 3.05) is 0 Å². The Morgan fingerprint density at radius 3 is 2.75 bits per heavy atom. The van der Waals surface area contributed by atoms with E-state index in [4.69, 9.17) is 17.4 Å². The molecule has 0 spiro atoms. The standard InChI is InChI=1S/C11H19ClN4/c1-7-11(12)10(16(2)15-7)6-9(14-13)5-8-3-4-8/h8-9,14H,3-6,13H2,1-2H3. The molecule has 1 fully saturated rings.